The van der Waals surface area contributed by atoms with Crippen LogP contribution in [0.15, 0.2) is 6.20 Å². The summed E-state index contributed by atoms with van der Waals surface area (Å²) in [6, 6.07) is 0.123. The summed E-state index contributed by atoms with van der Waals surface area (Å²) < 4.78 is 4.95. The molecule has 0 aromatic carbocycles. The summed E-state index contributed by atoms with van der Waals surface area (Å²) in [6.07, 6.45) is 2.91. The van der Waals surface area contributed by atoms with E-state index in [4.69, 9.17) is 10.5 Å². The second-order valence-corrected chi connectivity index (χ2v) is 4.39. The number of aliphatic hydroxyl groups is 1. The van der Waals surface area contributed by atoms with Gasteiger partial charge in [0.2, 0.25) is 0 Å². The van der Waals surface area contributed by atoms with Crippen LogP contribution in [0, 0.1) is 0 Å². The van der Waals surface area contributed by atoms with Gasteiger partial charge in [-0.15, -0.1) is 0 Å². The molecule has 1 aromatic heterocycles. The largest absolute Gasteiger partial charge is 0.473 e. The molecule has 0 aliphatic heterocycles. The van der Waals surface area contributed by atoms with Gasteiger partial charge in [-0.05, 0) is 12.8 Å². The van der Waals surface area contributed by atoms with Crippen molar-refractivity contribution in [2.75, 3.05) is 7.11 Å². The zero-order valence-corrected chi connectivity index (χ0v) is 8.17. The molecule has 0 amide bonds. The van der Waals surface area contributed by atoms with Gasteiger partial charge >= 0.3 is 0 Å². The zero-order valence-electron chi connectivity index (χ0n) is 7.36. The summed E-state index contributed by atoms with van der Waals surface area (Å²) in [6.45, 7) is 0. The molecule has 1 saturated carbocycles. The van der Waals surface area contributed by atoms with Crippen molar-refractivity contribution in [3.63, 3.8) is 0 Å². The molecule has 0 spiro atoms. The lowest BCUT2D eigenvalue weighted by atomic mass is 9.75. The Morgan fingerprint density at radius 3 is 2.92 bits per heavy atom. The van der Waals surface area contributed by atoms with Crippen LogP contribution >= 0.6 is 11.3 Å². The third-order valence-electron chi connectivity index (χ3n) is 2.32. The molecular formula is C8H12N2O2S. The molecule has 0 atom stereocenters. The fourth-order valence-corrected chi connectivity index (χ4v) is 2.42. The van der Waals surface area contributed by atoms with Crippen LogP contribution in [-0.2, 0) is 5.60 Å². The van der Waals surface area contributed by atoms with E-state index < -0.39 is 5.60 Å². The minimum atomic E-state index is -0.742. The highest BCUT2D eigenvalue weighted by atomic mass is 32.1. The minimum Gasteiger partial charge on any atom is -0.473 e. The van der Waals surface area contributed by atoms with E-state index in [2.05, 4.69) is 4.98 Å². The van der Waals surface area contributed by atoms with E-state index >= 15 is 0 Å². The fraction of sp³-hybridized carbons (Fsp3) is 0.625. The molecule has 13 heavy (non-hydrogen) atoms. The maximum absolute atomic E-state index is 10.00. The Hall–Kier alpha value is -0.650. The minimum absolute atomic E-state index is 0.123. The van der Waals surface area contributed by atoms with E-state index in [1.54, 1.807) is 13.3 Å². The van der Waals surface area contributed by atoms with E-state index in [0.29, 0.717) is 18.0 Å². The topological polar surface area (TPSA) is 68.4 Å². The first-order valence-electron chi connectivity index (χ1n) is 4.12. The van der Waals surface area contributed by atoms with Crippen molar-refractivity contribution >= 4 is 11.3 Å². The van der Waals surface area contributed by atoms with E-state index in [1.165, 1.54) is 11.3 Å². The SMILES string of the molecule is COc1ncc(C2(O)CC(N)C2)s1. The molecule has 1 heterocycles. The summed E-state index contributed by atoms with van der Waals surface area (Å²) in [4.78, 5) is 4.86. The number of rotatable bonds is 2. The molecule has 1 fully saturated rings. The molecule has 0 saturated heterocycles. The van der Waals surface area contributed by atoms with Crippen molar-refractivity contribution in [1.29, 1.82) is 0 Å². The number of nitrogens with two attached hydrogens (primary N) is 1. The van der Waals surface area contributed by atoms with Gasteiger partial charge in [-0.1, -0.05) is 11.3 Å². The molecule has 4 nitrogen and oxygen atoms in total. The first kappa shape index (κ1) is 8.93. The van der Waals surface area contributed by atoms with Crippen molar-refractivity contribution in [3.8, 4) is 5.19 Å². The molecule has 1 aliphatic rings. The van der Waals surface area contributed by atoms with Gasteiger partial charge in [0.1, 0.15) is 5.60 Å². The van der Waals surface area contributed by atoms with E-state index in [9.17, 15) is 5.11 Å². The first-order chi connectivity index (χ1) is 6.14. The molecule has 0 bridgehead atoms. The third-order valence-corrected chi connectivity index (χ3v) is 3.47. The van der Waals surface area contributed by atoms with Crippen LogP contribution in [0.3, 0.4) is 0 Å². The highest BCUT2D eigenvalue weighted by Crippen LogP contribution is 2.43. The Bertz CT molecular complexity index is 307. The molecule has 0 unspecified atom stereocenters. The van der Waals surface area contributed by atoms with E-state index in [-0.39, 0.29) is 6.04 Å². The van der Waals surface area contributed by atoms with Crippen molar-refractivity contribution in [2.24, 2.45) is 5.73 Å². The third kappa shape index (κ3) is 1.43. The number of hydrogen-bond donors (Lipinski definition) is 2. The number of nitrogens with zero attached hydrogens (tertiary/aromatic N) is 1. The van der Waals surface area contributed by atoms with Crippen LogP contribution in [0.1, 0.15) is 17.7 Å². The summed E-state index contributed by atoms with van der Waals surface area (Å²) in [5.41, 5.74) is 4.88. The molecular weight excluding hydrogens is 188 g/mol. The van der Waals surface area contributed by atoms with Gasteiger partial charge in [0.05, 0.1) is 12.0 Å². The Labute approximate surface area is 80.4 Å². The lowest BCUT2D eigenvalue weighted by Crippen LogP contribution is -2.48. The number of methoxy groups -OCH3 is 1. The Morgan fingerprint density at radius 2 is 2.46 bits per heavy atom. The normalized spacial score (nSPS) is 32.7. The molecule has 3 N–H and O–H groups in total. The van der Waals surface area contributed by atoms with Gasteiger partial charge < -0.3 is 15.6 Å². The average Bonchev–Trinajstić information content (AvgIpc) is 2.49. The quantitative estimate of drug-likeness (QED) is 0.727. The predicted octanol–water partition coefficient (Wildman–Crippen LogP) is 0.460. The van der Waals surface area contributed by atoms with Crippen molar-refractivity contribution < 1.29 is 9.84 Å². The van der Waals surface area contributed by atoms with Crippen LogP contribution in [0.25, 0.3) is 0 Å². The van der Waals surface area contributed by atoms with Crippen molar-refractivity contribution in [2.45, 2.75) is 24.5 Å². The van der Waals surface area contributed by atoms with Crippen LogP contribution in [0.4, 0.5) is 0 Å². The Balaban J connectivity index is 2.16. The molecule has 5 heteroatoms. The number of ether oxygens (including phenoxy) is 1. The van der Waals surface area contributed by atoms with Gasteiger partial charge in [-0.3, -0.25) is 0 Å². The second-order valence-electron chi connectivity index (χ2n) is 3.39. The summed E-state index contributed by atoms with van der Waals surface area (Å²) in [5.74, 6) is 0. The molecule has 1 aromatic rings. The molecule has 2 rings (SSSR count). The van der Waals surface area contributed by atoms with Gasteiger partial charge in [0, 0.05) is 12.2 Å². The maximum Gasteiger partial charge on any atom is 0.273 e. The fourth-order valence-electron chi connectivity index (χ4n) is 1.58. The molecule has 0 radical (unpaired) electrons. The zero-order chi connectivity index (χ0) is 9.47. The number of aromatic nitrogens is 1. The van der Waals surface area contributed by atoms with Crippen molar-refractivity contribution in [3.05, 3.63) is 11.1 Å². The van der Waals surface area contributed by atoms with Crippen molar-refractivity contribution in [1.82, 2.24) is 4.98 Å². The van der Waals surface area contributed by atoms with Gasteiger partial charge in [-0.2, -0.15) is 0 Å². The summed E-state index contributed by atoms with van der Waals surface area (Å²) in [7, 11) is 1.57. The number of thiazole rings is 1. The molecule has 1 aliphatic carbocycles. The number of hydrogen-bond acceptors (Lipinski definition) is 5. The van der Waals surface area contributed by atoms with Crippen LogP contribution in [-0.4, -0.2) is 23.2 Å². The lowest BCUT2D eigenvalue weighted by molar-refractivity contribution is -0.0492. The monoisotopic (exact) mass is 200 g/mol. The summed E-state index contributed by atoms with van der Waals surface area (Å²) in [5, 5.41) is 10.6. The standard InChI is InChI=1S/C8H12N2O2S/c1-12-7-10-4-6(13-7)8(11)2-5(9)3-8/h4-5,11H,2-3,9H2,1H3. The van der Waals surface area contributed by atoms with Crippen LogP contribution in [0.2, 0.25) is 0 Å². The first-order valence-corrected chi connectivity index (χ1v) is 4.94. The van der Waals surface area contributed by atoms with Crippen LogP contribution < -0.4 is 10.5 Å². The lowest BCUT2D eigenvalue weighted by Gasteiger charge is -2.40. The van der Waals surface area contributed by atoms with Gasteiger partial charge in [0.25, 0.3) is 5.19 Å². The Morgan fingerprint density at radius 1 is 1.77 bits per heavy atom. The molecule has 72 valence electrons. The van der Waals surface area contributed by atoms with E-state index in [0.717, 1.165) is 4.88 Å². The Kier molecular flexibility index (Phi) is 2.02. The second kappa shape index (κ2) is 2.94. The average molecular weight is 200 g/mol. The van der Waals surface area contributed by atoms with Crippen LogP contribution in [0.5, 0.6) is 5.19 Å². The highest BCUT2D eigenvalue weighted by Gasteiger charge is 2.43. The van der Waals surface area contributed by atoms with E-state index in [1.807, 2.05) is 0 Å². The van der Waals surface area contributed by atoms with Gasteiger partial charge in [0.15, 0.2) is 0 Å². The maximum atomic E-state index is 10.00. The highest BCUT2D eigenvalue weighted by molar-refractivity contribution is 7.13. The summed E-state index contributed by atoms with van der Waals surface area (Å²) >= 11 is 1.38. The smallest absolute Gasteiger partial charge is 0.273 e. The van der Waals surface area contributed by atoms with Gasteiger partial charge in [-0.25, -0.2) is 4.98 Å². The predicted molar refractivity (Wildman–Crippen MR) is 49.8 cm³/mol.